The van der Waals surface area contributed by atoms with E-state index in [-0.39, 0.29) is 30.2 Å². The number of ether oxygens (including phenoxy) is 1. The highest BCUT2D eigenvalue weighted by atomic mass is 19.1. The van der Waals surface area contributed by atoms with Gasteiger partial charge in [0, 0.05) is 26.1 Å². The Balaban J connectivity index is 1.41. The van der Waals surface area contributed by atoms with Crippen LogP contribution in [0.1, 0.15) is 21.5 Å². The summed E-state index contributed by atoms with van der Waals surface area (Å²) in [5.74, 6) is -3.17. The van der Waals surface area contributed by atoms with Gasteiger partial charge in [0.2, 0.25) is 0 Å². The summed E-state index contributed by atoms with van der Waals surface area (Å²) in [7, 11) is 0. The van der Waals surface area contributed by atoms with E-state index >= 15 is 0 Å². The summed E-state index contributed by atoms with van der Waals surface area (Å²) in [6.07, 6.45) is 1.66. The number of Topliss-reactive ketones (excluding diaryl/α,β-unsaturated/α-hetero) is 1. The van der Waals surface area contributed by atoms with Crippen molar-refractivity contribution in [2.75, 3.05) is 32.8 Å². The normalized spacial score (nSPS) is 16.4. The Labute approximate surface area is 184 Å². The van der Waals surface area contributed by atoms with Crippen LogP contribution < -0.4 is 5.32 Å². The maximum absolute atomic E-state index is 13.9. The van der Waals surface area contributed by atoms with Gasteiger partial charge in [-0.15, -0.1) is 0 Å². The van der Waals surface area contributed by atoms with E-state index in [2.05, 4.69) is 15.2 Å². The van der Waals surface area contributed by atoms with Crippen molar-refractivity contribution in [1.82, 2.24) is 10.2 Å². The van der Waals surface area contributed by atoms with E-state index in [0.717, 1.165) is 56.1 Å². The average molecular weight is 439 g/mol. The van der Waals surface area contributed by atoms with Crippen LogP contribution in [0.25, 0.3) is 0 Å². The third-order valence-electron chi connectivity index (χ3n) is 5.37. The number of halogens is 2. The Morgan fingerprint density at radius 3 is 2.47 bits per heavy atom. The molecule has 2 heterocycles. The Bertz CT molecular complexity index is 1070. The fourth-order valence-electron chi connectivity index (χ4n) is 3.78. The molecule has 1 N–H and O–H groups in total. The largest absolute Gasteiger partial charge is 0.379 e. The molecule has 4 rings (SSSR count). The maximum Gasteiger partial charge on any atom is 0.261 e. The molecule has 1 fully saturated rings. The number of amides is 1. The Morgan fingerprint density at radius 2 is 1.72 bits per heavy atom. The summed E-state index contributed by atoms with van der Waals surface area (Å²) in [4.78, 5) is 31.7. The lowest BCUT2D eigenvalue weighted by Crippen LogP contribution is -2.35. The Hall–Kier alpha value is -3.23. The molecular weight excluding hydrogens is 416 g/mol. The van der Waals surface area contributed by atoms with Crippen LogP contribution >= 0.6 is 0 Å². The number of ketones is 1. The van der Waals surface area contributed by atoms with E-state index < -0.39 is 23.1 Å². The van der Waals surface area contributed by atoms with E-state index in [1.807, 2.05) is 24.3 Å². The first-order chi connectivity index (χ1) is 15.5. The lowest BCUT2D eigenvalue weighted by molar-refractivity contribution is -0.112. The van der Waals surface area contributed by atoms with Crippen molar-refractivity contribution in [3.63, 3.8) is 0 Å². The molecule has 2 aromatic rings. The van der Waals surface area contributed by atoms with Crippen molar-refractivity contribution in [1.29, 1.82) is 0 Å². The third kappa shape index (κ3) is 5.15. The molecule has 0 aliphatic carbocycles. The first-order valence-corrected chi connectivity index (χ1v) is 10.4. The van der Waals surface area contributed by atoms with Gasteiger partial charge in [0.05, 0.1) is 25.5 Å². The molecule has 0 aromatic heterocycles. The molecule has 0 bridgehead atoms. The minimum Gasteiger partial charge on any atom is -0.379 e. The van der Waals surface area contributed by atoms with Crippen molar-refractivity contribution in [3.8, 4) is 0 Å². The van der Waals surface area contributed by atoms with Crippen molar-refractivity contribution in [2.24, 2.45) is 4.99 Å². The molecule has 0 atom stereocenters. The first-order valence-electron chi connectivity index (χ1n) is 10.4. The number of aliphatic imine (C=N–C) groups is 1. The summed E-state index contributed by atoms with van der Waals surface area (Å²) in [5, 5.41) is 2.43. The van der Waals surface area contributed by atoms with Crippen LogP contribution in [0.5, 0.6) is 0 Å². The number of morpholine rings is 1. The standard InChI is InChI=1S/C24H23F2N3O3/c25-18-5-2-6-19(26)22(18)24(31)28-20-7-8-27-23(20)21(30)14-16-3-1-4-17(13-16)15-29-9-11-32-12-10-29/h1-7,13H,8-12,14-15H2,(H,28,31). The molecule has 8 heteroatoms. The van der Waals surface area contributed by atoms with Gasteiger partial charge >= 0.3 is 0 Å². The van der Waals surface area contributed by atoms with Crippen molar-refractivity contribution in [3.05, 3.63) is 82.6 Å². The predicted molar refractivity (Wildman–Crippen MR) is 115 cm³/mol. The second kappa shape index (κ2) is 9.93. The number of hydrogen-bond donors (Lipinski definition) is 1. The summed E-state index contributed by atoms with van der Waals surface area (Å²) in [6.45, 7) is 4.17. The SMILES string of the molecule is O=C(Cc1cccc(CN2CCOCC2)c1)C1=NCC=C1NC(=O)c1c(F)cccc1F. The van der Waals surface area contributed by atoms with Gasteiger partial charge in [-0.05, 0) is 29.3 Å². The molecule has 2 aromatic carbocycles. The number of carbonyl (C=O) groups excluding carboxylic acids is 2. The fraction of sp³-hybridized carbons (Fsp3) is 0.292. The van der Waals surface area contributed by atoms with E-state index in [1.54, 1.807) is 6.08 Å². The van der Waals surface area contributed by atoms with Crippen LogP contribution in [0.3, 0.4) is 0 Å². The fourth-order valence-corrected chi connectivity index (χ4v) is 3.78. The summed E-state index contributed by atoms with van der Waals surface area (Å²) < 4.78 is 33.2. The first kappa shape index (κ1) is 22.0. The van der Waals surface area contributed by atoms with Crippen LogP contribution in [0, 0.1) is 11.6 Å². The van der Waals surface area contributed by atoms with Crippen LogP contribution in [-0.4, -0.2) is 55.2 Å². The smallest absolute Gasteiger partial charge is 0.261 e. The van der Waals surface area contributed by atoms with Crippen LogP contribution in [0.15, 0.2) is 59.2 Å². The average Bonchev–Trinajstić information content (AvgIpc) is 3.23. The second-order valence-corrected chi connectivity index (χ2v) is 7.67. The number of allylic oxidation sites excluding steroid dienone is 1. The third-order valence-corrected chi connectivity index (χ3v) is 5.37. The molecule has 0 unspecified atom stereocenters. The van der Waals surface area contributed by atoms with Crippen molar-refractivity contribution in [2.45, 2.75) is 13.0 Å². The second-order valence-electron chi connectivity index (χ2n) is 7.67. The molecule has 32 heavy (non-hydrogen) atoms. The molecule has 1 amide bonds. The molecule has 0 spiro atoms. The number of rotatable bonds is 7. The number of nitrogens with one attached hydrogen (secondary N) is 1. The van der Waals surface area contributed by atoms with Gasteiger partial charge in [0.25, 0.3) is 5.91 Å². The van der Waals surface area contributed by atoms with Gasteiger partial charge in [-0.3, -0.25) is 19.5 Å². The number of nitrogens with zero attached hydrogens (tertiary/aromatic N) is 2. The van der Waals surface area contributed by atoms with Crippen LogP contribution in [0.4, 0.5) is 8.78 Å². The predicted octanol–water partition coefficient (Wildman–Crippen LogP) is 2.68. The topological polar surface area (TPSA) is 71.0 Å². The minimum atomic E-state index is -0.969. The molecule has 2 aliphatic heterocycles. The lowest BCUT2D eigenvalue weighted by Gasteiger charge is -2.26. The van der Waals surface area contributed by atoms with E-state index in [1.165, 1.54) is 6.07 Å². The number of benzene rings is 2. The monoisotopic (exact) mass is 439 g/mol. The molecule has 6 nitrogen and oxygen atoms in total. The summed E-state index contributed by atoms with van der Waals surface area (Å²) in [6, 6.07) is 11.0. The van der Waals surface area contributed by atoms with Gasteiger partial charge in [0.15, 0.2) is 5.78 Å². The Kier molecular flexibility index (Phi) is 6.82. The van der Waals surface area contributed by atoms with Gasteiger partial charge in [0.1, 0.15) is 22.9 Å². The minimum absolute atomic E-state index is 0.105. The molecular formula is C24H23F2N3O3. The zero-order chi connectivity index (χ0) is 22.5. The van der Waals surface area contributed by atoms with Crippen molar-refractivity contribution >= 4 is 17.4 Å². The van der Waals surface area contributed by atoms with Crippen LogP contribution in [-0.2, 0) is 22.5 Å². The highest BCUT2D eigenvalue weighted by molar-refractivity contribution is 6.47. The van der Waals surface area contributed by atoms with E-state index in [4.69, 9.17) is 4.74 Å². The summed E-state index contributed by atoms with van der Waals surface area (Å²) in [5.41, 5.74) is 1.52. The quantitative estimate of drug-likeness (QED) is 0.720. The number of carbonyl (C=O) groups is 2. The van der Waals surface area contributed by atoms with Crippen LogP contribution in [0.2, 0.25) is 0 Å². The number of hydrogen-bond acceptors (Lipinski definition) is 5. The van der Waals surface area contributed by atoms with Gasteiger partial charge < -0.3 is 10.1 Å². The van der Waals surface area contributed by atoms with Crippen molar-refractivity contribution < 1.29 is 23.1 Å². The molecule has 2 aliphatic rings. The van der Waals surface area contributed by atoms with Gasteiger partial charge in [-0.25, -0.2) is 8.78 Å². The van der Waals surface area contributed by atoms with E-state index in [9.17, 15) is 18.4 Å². The Morgan fingerprint density at radius 1 is 1.03 bits per heavy atom. The lowest BCUT2D eigenvalue weighted by atomic mass is 10.0. The van der Waals surface area contributed by atoms with Gasteiger partial charge in [-0.2, -0.15) is 0 Å². The molecule has 1 saturated heterocycles. The zero-order valence-corrected chi connectivity index (χ0v) is 17.4. The highest BCUT2D eigenvalue weighted by Crippen LogP contribution is 2.16. The summed E-state index contributed by atoms with van der Waals surface area (Å²) >= 11 is 0. The molecule has 0 radical (unpaired) electrons. The zero-order valence-electron chi connectivity index (χ0n) is 17.4. The molecule has 0 saturated carbocycles. The van der Waals surface area contributed by atoms with Gasteiger partial charge in [-0.1, -0.05) is 30.3 Å². The maximum atomic E-state index is 13.9. The molecule has 166 valence electrons. The van der Waals surface area contributed by atoms with E-state index in [0.29, 0.717) is 0 Å². The highest BCUT2D eigenvalue weighted by Gasteiger charge is 2.25.